The maximum Gasteiger partial charge on any atom is 0.348 e. The van der Waals surface area contributed by atoms with Crippen molar-refractivity contribution in [1.29, 1.82) is 5.26 Å². The van der Waals surface area contributed by atoms with E-state index in [1.165, 1.54) is 7.11 Å². The lowest BCUT2D eigenvalue weighted by molar-refractivity contribution is -0.135. The maximum atomic E-state index is 11.4. The molecule has 0 saturated carbocycles. The molecule has 0 aliphatic rings. The Kier molecular flexibility index (Phi) is 4.94. The molecule has 6 heteroatoms. The molecule has 2 aromatic heterocycles. The number of rotatable bonds is 6. The Hall–Kier alpha value is -2.81. The van der Waals surface area contributed by atoms with E-state index in [2.05, 4.69) is 9.72 Å². The molecule has 0 aromatic carbocycles. The molecule has 2 heterocycles. The number of nitriles is 1. The van der Waals surface area contributed by atoms with E-state index in [-0.39, 0.29) is 5.57 Å². The third-order valence-corrected chi connectivity index (χ3v) is 3.06. The smallest absolute Gasteiger partial charge is 0.348 e. The van der Waals surface area contributed by atoms with Crippen molar-refractivity contribution < 1.29 is 9.53 Å². The summed E-state index contributed by atoms with van der Waals surface area (Å²) in [5.41, 5.74) is 0.801. The highest BCUT2D eigenvalue weighted by Gasteiger charge is 2.09. The van der Waals surface area contributed by atoms with E-state index < -0.39 is 5.97 Å². The number of ether oxygens (including phenoxy) is 1. The number of carbonyl (C=O) groups excluding carboxylic acids is 1. The summed E-state index contributed by atoms with van der Waals surface area (Å²) >= 11 is 0. The van der Waals surface area contributed by atoms with Crippen LogP contribution in [0.2, 0.25) is 0 Å². The summed E-state index contributed by atoms with van der Waals surface area (Å²) in [6.07, 6.45) is 9.84. The van der Waals surface area contributed by atoms with Crippen molar-refractivity contribution in [1.82, 2.24) is 14.1 Å². The number of carbonyl (C=O) groups is 1. The lowest BCUT2D eigenvalue weighted by Crippen LogP contribution is -2.06. The fourth-order valence-corrected chi connectivity index (χ4v) is 2.00. The number of hydrogen-bond donors (Lipinski definition) is 0. The lowest BCUT2D eigenvalue weighted by atomic mass is 10.2. The van der Waals surface area contributed by atoms with Gasteiger partial charge in [-0.3, -0.25) is 0 Å². The predicted octanol–water partition coefficient (Wildman–Crippen LogP) is 1.85. The first-order valence-electron chi connectivity index (χ1n) is 6.55. The third-order valence-electron chi connectivity index (χ3n) is 3.06. The highest BCUT2D eigenvalue weighted by molar-refractivity contribution is 5.97. The fourth-order valence-electron chi connectivity index (χ4n) is 2.00. The lowest BCUT2D eigenvalue weighted by Gasteiger charge is -2.07. The van der Waals surface area contributed by atoms with Gasteiger partial charge in [-0.05, 0) is 24.6 Å². The van der Waals surface area contributed by atoms with Gasteiger partial charge in [0.05, 0.1) is 13.4 Å². The Labute approximate surface area is 122 Å². The second kappa shape index (κ2) is 7.10. The molecule has 0 unspecified atom stereocenters. The molecule has 2 rings (SSSR count). The van der Waals surface area contributed by atoms with Crippen LogP contribution in [0.15, 0.2) is 42.6 Å². The van der Waals surface area contributed by atoms with Gasteiger partial charge in [0.25, 0.3) is 0 Å². The van der Waals surface area contributed by atoms with Crippen LogP contribution in [-0.4, -0.2) is 27.2 Å². The Morgan fingerprint density at radius 1 is 1.48 bits per heavy atom. The van der Waals surface area contributed by atoms with E-state index in [0.717, 1.165) is 25.2 Å². The Morgan fingerprint density at radius 3 is 3.00 bits per heavy atom. The highest BCUT2D eigenvalue weighted by Crippen LogP contribution is 2.10. The zero-order valence-corrected chi connectivity index (χ0v) is 11.8. The number of methoxy groups -OCH3 is 1. The molecule has 21 heavy (non-hydrogen) atoms. The topological polar surface area (TPSA) is 72.8 Å². The normalized spacial score (nSPS) is 11.1. The van der Waals surface area contributed by atoms with Gasteiger partial charge < -0.3 is 13.9 Å². The number of aryl methyl sites for hydroxylation is 2. The van der Waals surface area contributed by atoms with Crippen molar-refractivity contribution >= 4 is 12.0 Å². The van der Waals surface area contributed by atoms with Crippen LogP contribution in [0.1, 0.15) is 12.1 Å². The first-order valence-corrected chi connectivity index (χ1v) is 6.55. The molecule has 0 spiro atoms. The minimum absolute atomic E-state index is 0.00735. The largest absolute Gasteiger partial charge is 0.465 e. The van der Waals surface area contributed by atoms with Crippen LogP contribution in [0.4, 0.5) is 0 Å². The van der Waals surface area contributed by atoms with Crippen LogP contribution in [0, 0.1) is 11.3 Å². The molecule has 0 radical (unpaired) electrons. The summed E-state index contributed by atoms with van der Waals surface area (Å²) < 4.78 is 8.58. The second-order valence-electron chi connectivity index (χ2n) is 4.44. The standard InChI is InChI=1S/C15H16N4O2/c1-21-15(20)13(11-16)10-14-4-2-7-19(14)8-3-6-18-9-5-17-12-18/h2,4-5,7,9-10,12H,3,6,8H2,1H3/b13-10+. The molecule has 0 fully saturated rings. The zero-order valence-electron chi connectivity index (χ0n) is 11.8. The molecule has 0 atom stereocenters. The summed E-state index contributed by atoms with van der Waals surface area (Å²) in [6.45, 7) is 1.65. The summed E-state index contributed by atoms with van der Waals surface area (Å²) in [5.74, 6) is -0.622. The minimum Gasteiger partial charge on any atom is -0.465 e. The number of nitrogens with zero attached hydrogens (tertiary/aromatic N) is 4. The summed E-state index contributed by atoms with van der Waals surface area (Å²) in [6, 6.07) is 5.60. The van der Waals surface area contributed by atoms with E-state index in [1.54, 1.807) is 18.6 Å². The molecule has 0 N–H and O–H groups in total. The van der Waals surface area contributed by atoms with Crippen molar-refractivity contribution in [3.8, 4) is 6.07 Å². The van der Waals surface area contributed by atoms with E-state index in [0.29, 0.717) is 0 Å². The molecule has 108 valence electrons. The van der Waals surface area contributed by atoms with Gasteiger partial charge in [0, 0.05) is 37.4 Å². The molecule has 0 saturated heterocycles. The van der Waals surface area contributed by atoms with Gasteiger partial charge in [-0.15, -0.1) is 0 Å². The number of imidazole rings is 1. The van der Waals surface area contributed by atoms with Gasteiger partial charge in [-0.25, -0.2) is 9.78 Å². The molecule has 0 amide bonds. The van der Waals surface area contributed by atoms with E-state index in [4.69, 9.17) is 5.26 Å². The molecule has 0 aliphatic carbocycles. The predicted molar refractivity (Wildman–Crippen MR) is 76.9 cm³/mol. The number of esters is 1. The molecule has 2 aromatic rings. The molecule has 0 aliphatic heterocycles. The average molecular weight is 284 g/mol. The Morgan fingerprint density at radius 2 is 2.33 bits per heavy atom. The number of aromatic nitrogens is 3. The zero-order chi connectivity index (χ0) is 15.1. The van der Waals surface area contributed by atoms with Crippen LogP contribution in [0.25, 0.3) is 6.08 Å². The minimum atomic E-state index is -0.622. The first-order chi connectivity index (χ1) is 10.2. The third kappa shape index (κ3) is 3.83. The van der Waals surface area contributed by atoms with E-state index >= 15 is 0 Å². The van der Waals surface area contributed by atoms with Crippen LogP contribution >= 0.6 is 0 Å². The second-order valence-corrected chi connectivity index (χ2v) is 4.44. The highest BCUT2D eigenvalue weighted by atomic mass is 16.5. The molecular weight excluding hydrogens is 268 g/mol. The Balaban J connectivity index is 2.03. The van der Waals surface area contributed by atoms with Crippen LogP contribution in [0.3, 0.4) is 0 Å². The van der Waals surface area contributed by atoms with Crippen molar-refractivity contribution in [3.63, 3.8) is 0 Å². The van der Waals surface area contributed by atoms with Gasteiger partial charge in [0.2, 0.25) is 0 Å². The van der Waals surface area contributed by atoms with Crippen molar-refractivity contribution in [2.24, 2.45) is 0 Å². The van der Waals surface area contributed by atoms with Gasteiger partial charge >= 0.3 is 5.97 Å². The molecular formula is C15H16N4O2. The summed E-state index contributed by atoms with van der Waals surface area (Å²) in [5, 5.41) is 8.98. The van der Waals surface area contributed by atoms with Crippen molar-refractivity contribution in [2.45, 2.75) is 19.5 Å². The van der Waals surface area contributed by atoms with Crippen molar-refractivity contribution in [2.75, 3.05) is 7.11 Å². The summed E-state index contributed by atoms with van der Waals surface area (Å²) in [4.78, 5) is 15.4. The van der Waals surface area contributed by atoms with Gasteiger partial charge in [0.1, 0.15) is 11.6 Å². The van der Waals surface area contributed by atoms with Gasteiger partial charge in [0.15, 0.2) is 0 Å². The monoisotopic (exact) mass is 284 g/mol. The first kappa shape index (κ1) is 14.6. The molecule has 0 bridgehead atoms. The average Bonchev–Trinajstić information content (AvgIpc) is 3.16. The van der Waals surface area contributed by atoms with Crippen LogP contribution in [0.5, 0.6) is 0 Å². The quantitative estimate of drug-likeness (QED) is 0.461. The van der Waals surface area contributed by atoms with Gasteiger partial charge in [-0.2, -0.15) is 5.26 Å². The van der Waals surface area contributed by atoms with Crippen LogP contribution in [-0.2, 0) is 22.6 Å². The van der Waals surface area contributed by atoms with E-state index in [1.807, 2.05) is 39.7 Å². The maximum absolute atomic E-state index is 11.4. The van der Waals surface area contributed by atoms with Crippen molar-refractivity contribution in [3.05, 3.63) is 48.3 Å². The SMILES string of the molecule is COC(=O)/C(C#N)=C/c1cccn1CCCn1ccnc1. The fraction of sp³-hybridized carbons (Fsp3) is 0.267. The van der Waals surface area contributed by atoms with E-state index in [9.17, 15) is 4.79 Å². The Bertz CT molecular complexity index is 662. The van der Waals surface area contributed by atoms with Gasteiger partial charge in [-0.1, -0.05) is 0 Å². The number of hydrogen-bond acceptors (Lipinski definition) is 4. The molecule has 6 nitrogen and oxygen atoms in total. The van der Waals surface area contributed by atoms with Crippen LogP contribution < -0.4 is 0 Å². The summed E-state index contributed by atoms with van der Waals surface area (Å²) in [7, 11) is 1.26.